The highest BCUT2D eigenvalue weighted by atomic mass is 35.5. The number of aromatic nitrogens is 2. The lowest BCUT2D eigenvalue weighted by Gasteiger charge is -2.31. The zero-order chi connectivity index (χ0) is 15.6. The van der Waals surface area contributed by atoms with Crippen LogP contribution < -0.4 is 4.74 Å². The van der Waals surface area contributed by atoms with Crippen molar-refractivity contribution >= 4 is 33.0 Å². The van der Waals surface area contributed by atoms with Crippen LogP contribution in [0.5, 0.6) is 5.88 Å². The van der Waals surface area contributed by atoms with E-state index in [0.717, 1.165) is 24.2 Å². The van der Waals surface area contributed by atoms with E-state index in [0.29, 0.717) is 23.3 Å². The van der Waals surface area contributed by atoms with Crippen molar-refractivity contribution in [2.24, 2.45) is 0 Å². The molecule has 1 atom stereocenters. The van der Waals surface area contributed by atoms with Crippen LogP contribution in [0.3, 0.4) is 0 Å². The van der Waals surface area contributed by atoms with Gasteiger partial charge < -0.3 is 4.74 Å². The molecule has 0 saturated carbocycles. The molecule has 2 aromatic heterocycles. The maximum absolute atomic E-state index is 12.6. The van der Waals surface area contributed by atoms with Crippen LogP contribution in [-0.2, 0) is 10.0 Å². The van der Waals surface area contributed by atoms with Crippen molar-refractivity contribution in [3.8, 4) is 5.88 Å². The number of hydrogen-bond donors (Lipinski definition) is 0. The van der Waals surface area contributed by atoms with Gasteiger partial charge in [-0.3, -0.25) is 0 Å². The van der Waals surface area contributed by atoms with Crippen molar-refractivity contribution in [3.63, 3.8) is 0 Å². The van der Waals surface area contributed by atoms with Gasteiger partial charge in [-0.1, -0.05) is 11.6 Å². The molecule has 2 aromatic rings. The van der Waals surface area contributed by atoms with E-state index in [9.17, 15) is 8.42 Å². The molecular formula is C13H14ClN3O3S2. The van der Waals surface area contributed by atoms with Crippen molar-refractivity contribution in [2.75, 3.05) is 13.1 Å². The summed E-state index contributed by atoms with van der Waals surface area (Å²) in [6, 6.07) is 6.57. The van der Waals surface area contributed by atoms with Gasteiger partial charge in [-0.25, -0.2) is 8.42 Å². The molecule has 1 aliphatic rings. The second-order valence-electron chi connectivity index (χ2n) is 4.87. The molecule has 1 aliphatic heterocycles. The second kappa shape index (κ2) is 6.49. The Bertz CT molecular complexity index is 736. The van der Waals surface area contributed by atoms with Crippen LogP contribution in [0.2, 0.25) is 4.34 Å². The highest BCUT2D eigenvalue weighted by Crippen LogP contribution is 2.30. The predicted octanol–water partition coefficient (Wildman–Crippen LogP) is 2.42. The van der Waals surface area contributed by atoms with Crippen molar-refractivity contribution in [2.45, 2.75) is 23.2 Å². The fourth-order valence-corrected chi connectivity index (χ4v) is 5.45. The van der Waals surface area contributed by atoms with E-state index in [4.69, 9.17) is 16.3 Å². The minimum absolute atomic E-state index is 0.226. The van der Waals surface area contributed by atoms with Gasteiger partial charge in [-0.2, -0.15) is 9.40 Å². The fraction of sp³-hybridized carbons (Fsp3) is 0.385. The lowest BCUT2D eigenvalue weighted by atomic mass is 10.1. The van der Waals surface area contributed by atoms with Crippen molar-refractivity contribution in [1.29, 1.82) is 0 Å². The van der Waals surface area contributed by atoms with E-state index in [-0.39, 0.29) is 10.3 Å². The first-order chi connectivity index (χ1) is 10.6. The van der Waals surface area contributed by atoms with Crippen molar-refractivity contribution in [3.05, 3.63) is 34.8 Å². The molecule has 0 amide bonds. The second-order valence-corrected chi connectivity index (χ2v) is 8.75. The Morgan fingerprint density at radius 2 is 2.23 bits per heavy atom. The number of ether oxygens (including phenoxy) is 1. The molecule has 0 aromatic carbocycles. The number of hydrogen-bond acceptors (Lipinski definition) is 6. The summed E-state index contributed by atoms with van der Waals surface area (Å²) in [5, 5.41) is 7.61. The van der Waals surface area contributed by atoms with Crippen LogP contribution in [-0.4, -0.2) is 42.1 Å². The molecule has 0 bridgehead atoms. The summed E-state index contributed by atoms with van der Waals surface area (Å²) in [6.07, 6.45) is 2.86. The third kappa shape index (κ3) is 3.40. The van der Waals surface area contributed by atoms with Gasteiger partial charge in [-0.05, 0) is 31.0 Å². The largest absolute Gasteiger partial charge is 0.472 e. The van der Waals surface area contributed by atoms with Gasteiger partial charge in [0.25, 0.3) is 10.0 Å². The van der Waals surface area contributed by atoms with Crippen LogP contribution in [0.25, 0.3) is 0 Å². The topological polar surface area (TPSA) is 72.4 Å². The Labute approximate surface area is 137 Å². The van der Waals surface area contributed by atoms with Crippen molar-refractivity contribution in [1.82, 2.24) is 14.5 Å². The maximum atomic E-state index is 12.6. The highest BCUT2D eigenvalue weighted by molar-refractivity contribution is 7.91. The summed E-state index contributed by atoms with van der Waals surface area (Å²) in [4.78, 5) is 0. The fourth-order valence-electron chi connectivity index (χ4n) is 2.30. The van der Waals surface area contributed by atoms with Crippen molar-refractivity contribution < 1.29 is 13.2 Å². The van der Waals surface area contributed by atoms with E-state index >= 15 is 0 Å². The minimum atomic E-state index is -3.52. The number of halogens is 1. The Kier molecular flexibility index (Phi) is 4.62. The standard InChI is InChI=1S/C13H14ClN3O3S2/c14-11-5-6-13(21-11)22(18,19)17-8-2-3-10(9-17)20-12-4-1-7-15-16-12/h1,4-7,10H,2-3,8-9H2. The minimum Gasteiger partial charge on any atom is -0.472 e. The van der Waals surface area contributed by atoms with E-state index in [2.05, 4.69) is 10.2 Å². The third-order valence-corrected chi connectivity index (χ3v) is 6.88. The van der Waals surface area contributed by atoms with Crippen LogP contribution >= 0.6 is 22.9 Å². The van der Waals surface area contributed by atoms with Gasteiger partial charge in [0.15, 0.2) is 0 Å². The smallest absolute Gasteiger partial charge is 0.252 e. The molecular weight excluding hydrogens is 346 g/mol. The zero-order valence-corrected chi connectivity index (χ0v) is 13.9. The Morgan fingerprint density at radius 1 is 1.36 bits per heavy atom. The first-order valence-electron chi connectivity index (χ1n) is 6.75. The Balaban J connectivity index is 1.73. The number of rotatable bonds is 4. The molecule has 0 aliphatic carbocycles. The number of piperidine rings is 1. The van der Waals surface area contributed by atoms with Crippen LogP contribution in [0.15, 0.2) is 34.7 Å². The van der Waals surface area contributed by atoms with E-state index in [1.54, 1.807) is 24.4 Å². The van der Waals surface area contributed by atoms with Crippen LogP contribution in [0.1, 0.15) is 12.8 Å². The maximum Gasteiger partial charge on any atom is 0.252 e. The molecule has 6 nitrogen and oxygen atoms in total. The van der Waals surface area contributed by atoms with Gasteiger partial charge in [0, 0.05) is 18.8 Å². The number of nitrogens with zero attached hydrogens (tertiary/aromatic N) is 3. The molecule has 22 heavy (non-hydrogen) atoms. The summed E-state index contributed by atoms with van der Waals surface area (Å²) in [6.45, 7) is 0.784. The van der Waals surface area contributed by atoms with Gasteiger partial charge in [0.2, 0.25) is 5.88 Å². The molecule has 3 heterocycles. The first-order valence-corrected chi connectivity index (χ1v) is 9.39. The molecule has 0 N–H and O–H groups in total. The van der Waals surface area contributed by atoms with E-state index in [1.807, 2.05) is 0 Å². The highest BCUT2D eigenvalue weighted by Gasteiger charge is 2.32. The SMILES string of the molecule is O=S(=O)(c1ccc(Cl)s1)N1CCCC(Oc2cccnn2)C1. The summed E-state index contributed by atoms with van der Waals surface area (Å²) in [7, 11) is -3.52. The summed E-state index contributed by atoms with van der Waals surface area (Å²) in [5.41, 5.74) is 0. The normalized spacial score (nSPS) is 20.0. The van der Waals surface area contributed by atoms with Crippen LogP contribution in [0, 0.1) is 0 Å². The molecule has 1 unspecified atom stereocenters. The van der Waals surface area contributed by atoms with E-state index in [1.165, 1.54) is 10.4 Å². The number of sulfonamides is 1. The molecule has 0 spiro atoms. The van der Waals surface area contributed by atoms with Gasteiger partial charge in [0.05, 0.1) is 10.9 Å². The molecule has 3 rings (SSSR count). The Hall–Kier alpha value is -1.22. The molecule has 0 radical (unpaired) electrons. The Morgan fingerprint density at radius 3 is 2.91 bits per heavy atom. The number of thiophene rings is 1. The third-order valence-electron chi connectivity index (χ3n) is 3.32. The molecule has 9 heteroatoms. The first kappa shape index (κ1) is 15.7. The van der Waals surface area contributed by atoms with Gasteiger partial charge in [-0.15, -0.1) is 16.4 Å². The lowest BCUT2D eigenvalue weighted by Crippen LogP contribution is -2.44. The quantitative estimate of drug-likeness (QED) is 0.838. The van der Waals surface area contributed by atoms with Crippen LogP contribution in [0.4, 0.5) is 0 Å². The van der Waals surface area contributed by atoms with Gasteiger partial charge in [0.1, 0.15) is 10.3 Å². The predicted molar refractivity (Wildman–Crippen MR) is 83.8 cm³/mol. The summed E-state index contributed by atoms with van der Waals surface area (Å²) < 4.78 is 33.1. The monoisotopic (exact) mass is 359 g/mol. The molecule has 118 valence electrons. The molecule has 1 saturated heterocycles. The average molecular weight is 360 g/mol. The average Bonchev–Trinajstić information content (AvgIpc) is 2.96. The zero-order valence-electron chi connectivity index (χ0n) is 11.6. The lowest BCUT2D eigenvalue weighted by molar-refractivity contribution is 0.123. The van der Waals surface area contributed by atoms with Gasteiger partial charge >= 0.3 is 0 Å². The van der Waals surface area contributed by atoms with E-state index < -0.39 is 10.0 Å². The molecule has 1 fully saturated rings. The summed E-state index contributed by atoms with van der Waals surface area (Å²) in [5.74, 6) is 0.408. The summed E-state index contributed by atoms with van der Waals surface area (Å²) >= 11 is 6.90.